The summed E-state index contributed by atoms with van der Waals surface area (Å²) in [5, 5.41) is 18.9. The van der Waals surface area contributed by atoms with Crippen molar-refractivity contribution >= 4 is 23.4 Å². The topological polar surface area (TPSA) is 105 Å². The van der Waals surface area contributed by atoms with Gasteiger partial charge in [0.2, 0.25) is 5.95 Å². The molecular formula is C16H14F2N6O2. The Kier molecular flexibility index (Phi) is 4.74. The summed E-state index contributed by atoms with van der Waals surface area (Å²) in [6.07, 6.45) is 4.39. The van der Waals surface area contributed by atoms with E-state index in [2.05, 4.69) is 25.7 Å². The van der Waals surface area contributed by atoms with Crippen molar-refractivity contribution in [1.29, 1.82) is 0 Å². The van der Waals surface area contributed by atoms with Gasteiger partial charge >= 0.3 is 5.97 Å². The molecular weight excluding hydrogens is 346 g/mol. The molecule has 0 aliphatic rings. The normalized spacial score (nSPS) is 10.6. The Labute approximate surface area is 146 Å². The van der Waals surface area contributed by atoms with E-state index in [1.54, 1.807) is 24.1 Å². The van der Waals surface area contributed by atoms with Crippen LogP contribution >= 0.6 is 0 Å². The third-order valence-electron chi connectivity index (χ3n) is 3.36. The molecule has 0 unspecified atom stereocenters. The highest BCUT2D eigenvalue weighted by molar-refractivity contribution is 5.93. The molecule has 0 aliphatic carbocycles. The number of carboxylic acids is 1. The van der Waals surface area contributed by atoms with Gasteiger partial charge in [-0.1, -0.05) is 0 Å². The number of rotatable bonds is 6. The summed E-state index contributed by atoms with van der Waals surface area (Å²) >= 11 is 0. The van der Waals surface area contributed by atoms with Crippen LogP contribution in [0, 0.1) is 11.6 Å². The van der Waals surface area contributed by atoms with Gasteiger partial charge in [0, 0.05) is 32.1 Å². The second kappa shape index (κ2) is 7.13. The van der Waals surface area contributed by atoms with Gasteiger partial charge in [0.25, 0.3) is 0 Å². The van der Waals surface area contributed by atoms with Crippen molar-refractivity contribution in [3.05, 3.63) is 59.6 Å². The van der Waals surface area contributed by atoms with Gasteiger partial charge in [0.05, 0.1) is 11.9 Å². The predicted octanol–water partition coefficient (Wildman–Crippen LogP) is 2.54. The Balaban J connectivity index is 1.83. The number of aryl methyl sites for hydroxylation is 1. The fourth-order valence-corrected chi connectivity index (χ4v) is 2.25. The van der Waals surface area contributed by atoms with E-state index in [0.29, 0.717) is 11.3 Å². The molecule has 0 saturated heterocycles. The number of aromatic nitrogens is 4. The van der Waals surface area contributed by atoms with Gasteiger partial charge in [0.1, 0.15) is 23.0 Å². The molecule has 0 saturated carbocycles. The van der Waals surface area contributed by atoms with Crippen LogP contribution in [0.25, 0.3) is 0 Å². The molecule has 2 heterocycles. The maximum absolute atomic E-state index is 13.3. The first-order valence-corrected chi connectivity index (χ1v) is 7.45. The van der Waals surface area contributed by atoms with E-state index < -0.39 is 17.6 Å². The van der Waals surface area contributed by atoms with Crippen LogP contribution in [0.3, 0.4) is 0 Å². The minimum atomic E-state index is -1.23. The van der Waals surface area contributed by atoms with Crippen LogP contribution in [0.5, 0.6) is 0 Å². The van der Waals surface area contributed by atoms with Crippen LogP contribution < -0.4 is 10.6 Å². The third-order valence-corrected chi connectivity index (χ3v) is 3.36. The number of hydrogen-bond donors (Lipinski definition) is 3. The van der Waals surface area contributed by atoms with E-state index in [1.807, 2.05) is 0 Å². The number of carboxylic acid groups (broad SMARTS) is 1. The fourth-order valence-electron chi connectivity index (χ4n) is 2.25. The van der Waals surface area contributed by atoms with Gasteiger partial charge in [0.15, 0.2) is 0 Å². The number of hydrogen-bond acceptors (Lipinski definition) is 6. The van der Waals surface area contributed by atoms with Crippen LogP contribution in [-0.4, -0.2) is 30.8 Å². The lowest BCUT2D eigenvalue weighted by molar-refractivity contribution is 0.0697. The minimum Gasteiger partial charge on any atom is -0.477 e. The summed E-state index contributed by atoms with van der Waals surface area (Å²) < 4.78 is 28.1. The van der Waals surface area contributed by atoms with E-state index in [1.165, 1.54) is 0 Å². The molecule has 134 valence electrons. The van der Waals surface area contributed by atoms with E-state index in [0.717, 1.165) is 24.4 Å². The lowest BCUT2D eigenvalue weighted by atomic mass is 10.2. The second-order valence-corrected chi connectivity index (χ2v) is 5.42. The smallest absolute Gasteiger partial charge is 0.341 e. The molecule has 0 amide bonds. The second-order valence-electron chi connectivity index (χ2n) is 5.42. The van der Waals surface area contributed by atoms with Crippen molar-refractivity contribution in [2.24, 2.45) is 7.05 Å². The Bertz CT molecular complexity index is 939. The Morgan fingerprint density at radius 3 is 2.58 bits per heavy atom. The van der Waals surface area contributed by atoms with Gasteiger partial charge in [-0.05, 0) is 17.7 Å². The Hall–Kier alpha value is -3.56. The van der Waals surface area contributed by atoms with Crippen molar-refractivity contribution in [3.8, 4) is 0 Å². The summed E-state index contributed by atoms with van der Waals surface area (Å²) in [6, 6.07) is 3.05. The average molecular weight is 360 g/mol. The van der Waals surface area contributed by atoms with Crippen LogP contribution in [0.4, 0.5) is 26.2 Å². The highest BCUT2D eigenvalue weighted by atomic mass is 19.1. The average Bonchev–Trinajstić information content (AvgIpc) is 2.97. The largest absolute Gasteiger partial charge is 0.477 e. The quantitative estimate of drug-likeness (QED) is 0.620. The summed E-state index contributed by atoms with van der Waals surface area (Å²) in [5.74, 6) is -2.51. The molecule has 0 spiro atoms. The van der Waals surface area contributed by atoms with E-state index in [9.17, 15) is 18.7 Å². The Morgan fingerprint density at radius 2 is 1.96 bits per heavy atom. The first kappa shape index (κ1) is 17.3. The number of anilines is 3. The number of aromatic carboxylic acids is 1. The monoisotopic (exact) mass is 360 g/mol. The zero-order chi connectivity index (χ0) is 18.7. The van der Waals surface area contributed by atoms with Crippen LogP contribution in [0.15, 0.2) is 36.8 Å². The molecule has 8 nitrogen and oxygen atoms in total. The van der Waals surface area contributed by atoms with Gasteiger partial charge in [-0.3, -0.25) is 4.68 Å². The zero-order valence-electron chi connectivity index (χ0n) is 13.6. The molecule has 0 fully saturated rings. The number of nitrogens with one attached hydrogen (secondary N) is 2. The van der Waals surface area contributed by atoms with Crippen LogP contribution in [0.1, 0.15) is 15.9 Å². The Morgan fingerprint density at radius 1 is 1.23 bits per heavy atom. The molecule has 3 N–H and O–H groups in total. The highest BCUT2D eigenvalue weighted by Crippen LogP contribution is 2.18. The van der Waals surface area contributed by atoms with Gasteiger partial charge < -0.3 is 15.7 Å². The lowest BCUT2D eigenvalue weighted by Crippen LogP contribution is -2.11. The minimum absolute atomic E-state index is 0.0156. The molecule has 2 aromatic heterocycles. The van der Waals surface area contributed by atoms with Crippen LogP contribution in [0.2, 0.25) is 0 Å². The molecule has 0 radical (unpaired) electrons. The number of nitrogens with zero attached hydrogens (tertiary/aromatic N) is 4. The molecule has 3 rings (SSSR count). The molecule has 0 bridgehead atoms. The standard InChI is InChI=1S/C16H14F2N6O2/c1-24-8-12(6-21-24)22-16-20-7-13(15(25)26)14(23-16)19-5-9-2-10(17)4-11(18)3-9/h2-4,6-8H,5H2,1H3,(H,25,26)(H2,19,20,22,23). The van der Waals surface area contributed by atoms with Gasteiger partial charge in [-0.25, -0.2) is 18.6 Å². The molecule has 3 aromatic rings. The van der Waals surface area contributed by atoms with Gasteiger partial charge in [-0.2, -0.15) is 10.1 Å². The SMILES string of the molecule is Cn1cc(Nc2ncc(C(=O)O)c(NCc3cc(F)cc(F)c3)n2)cn1. The summed E-state index contributed by atoms with van der Waals surface area (Å²) in [4.78, 5) is 19.4. The summed E-state index contributed by atoms with van der Waals surface area (Å²) in [7, 11) is 1.74. The van der Waals surface area contributed by atoms with Crippen LogP contribution in [-0.2, 0) is 13.6 Å². The van der Waals surface area contributed by atoms with Crippen molar-refractivity contribution in [1.82, 2.24) is 19.7 Å². The number of halogens is 2. The van der Waals surface area contributed by atoms with E-state index >= 15 is 0 Å². The first-order chi connectivity index (χ1) is 12.4. The predicted molar refractivity (Wildman–Crippen MR) is 89.2 cm³/mol. The van der Waals surface area contributed by atoms with E-state index in [4.69, 9.17) is 0 Å². The van der Waals surface area contributed by atoms with E-state index in [-0.39, 0.29) is 23.9 Å². The summed E-state index contributed by atoms with van der Waals surface area (Å²) in [5.41, 5.74) is 0.756. The maximum atomic E-state index is 13.3. The fraction of sp³-hybridized carbons (Fsp3) is 0.125. The third kappa shape index (κ3) is 4.09. The maximum Gasteiger partial charge on any atom is 0.341 e. The van der Waals surface area contributed by atoms with Crippen molar-refractivity contribution in [2.75, 3.05) is 10.6 Å². The highest BCUT2D eigenvalue weighted by Gasteiger charge is 2.14. The lowest BCUT2D eigenvalue weighted by Gasteiger charge is -2.11. The molecule has 26 heavy (non-hydrogen) atoms. The number of benzene rings is 1. The van der Waals surface area contributed by atoms with Crippen molar-refractivity contribution in [2.45, 2.75) is 6.54 Å². The number of carbonyl (C=O) groups is 1. The first-order valence-electron chi connectivity index (χ1n) is 7.45. The van der Waals surface area contributed by atoms with Crippen molar-refractivity contribution < 1.29 is 18.7 Å². The van der Waals surface area contributed by atoms with Crippen molar-refractivity contribution in [3.63, 3.8) is 0 Å². The molecule has 0 aliphatic heterocycles. The molecule has 1 aromatic carbocycles. The molecule has 10 heteroatoms. The zero-order valence-corrected chi connectivity index (χ0v) is 13.6. The summed E-state index contributed by atoms with van der Waals surface area (Å²) in [6.45, 7) is -0.0156. The molecule has 0 atom stereocenters. The van der Waals surface area contributed by atoms with Gasteiger partial charge in [-0.15, -0.1) is 0 Å².